The molecule has 2 heterocycles. The van der Waals surface area contributed by atoms with Crippen molar-refractivity contribution in [2.45, 2.75) is 20.4 Å². The van der Waals surface area contributed by atoms with Crippen LogP contribution in [0.4, 0.5) is 5.82 Å². The summed E-state index contributed by atoms with van der Waals surface area (Å²) in [5.74, 6) is 2.44. The number of furan rings is 1. The Morgan fingerprint density at radius 1 is 1.47 bits per heavy atom. The van der Waals surface area contributed by atoms with Crippen LogP contribution in [0.25, 0.3) is 0 Å². The van der Waals surface area contributed by atoms with Gasteiger partial charge in [0.1, 0.15) is 29.0 Å². The van der Waals surface area contributed by atoms with Crippen molar-refractivity contribution in [3.63, 3.8) is 0 Å². The molecule has 0 radical (unpaired) electrons. The standard InChI is InChI=1S/C12H14N4O/c1-8-4-5-10(17-8)7-14-12-11(6-13)9(2)15-16(12)3/h4-5,14H,7H2,1-3H3. The second kappa shape index (κ2) is 4.34. The number of nitriles is 1. The van der Waals surface area contributed by atoms with Crippen LogP contribution in [-0.2, 0) is 13.6 Å². The smallest absolute Gasteiger partial charge is 0.142 e. The van der Waals surface area contributed by atoms with E-state index in [2.05, 4.69) is 16.5 Å². The molecule has 0 aromatic carbocycles. The molecule has 0 aliphatic rings. The van der Waals surface area contributed by atoms with Gasteiger partial charge in [0.15, 0.2) is 0 Å². The van der Waals surface area contributed by atoms with E-state index in [4.69, 9.17) is 9.68 Å². The van der Waals surface area contributed by atoms with Gasteiger partial charge in [0.05, 0.1) is 12.2 Å². The van der Waals surface area contributed by atoms with E-state index >= 15 is 0 Å². The lowest BCUT2D eigenvalue weighted by Crippen LogP contribution is -2.05. The van der Waals surface area contributed by atoms with Crippen LogP contribution in [0.15, 0.2) is 16.5 Å². The van der Waals surface area contributed by atoms with Crippen molar-refractivity contribution in [1.82, 2.24) is 9.78 Å². The minimum atomic E-state index is 0.543. The molecule has 0 saturated heterocycles. The van der Waals surface area contributed by atoms with Crippen LogP contribution in [0.5, 0.6) is 0 Å². The molecule has 0 saturated carbocycles. The highest BCUT2D eigenvalue weighted by atomic mass is 16.3. The predicted molar refractivity (Wildman–Crippen MR) is 63.4 cm³/mol. The van der Waals surface area contributed by atoms with Crippen molar-refractivity contribution in [3.8, 4) is 6.07 Å². The number of aromatic nitrogens is 2. The lowest BCUT2D eigenvalue weighted by molar-refractivity contribution is 0.490. The Labute approximate surface area is 99.7 Å². The Hall–Kier alpha value is -2.22. The van der Waals surface area contributed by atoms with E-state index in [1.165, 1.54) is 0 Å². The molecule has 17 heavy (non-hydrogen) atoms. The number of anilines is 1. The Balaban J connectivity index is 2.17. The molecular formula is C12H14N4O. The molecular weight excluding hydrogens is 216 g/mol. The van der Waals surface area contributed by atoms with Crippen molar-refractivity contribution < 1.29 is 4.42 Å². The lowest BCUT2D eigenvalue weighted by Gasteiger charge is -2.04. The lowest BCUT2D eigenvalue weighted by atomic mass is 10.2. The molecule has 0 amide bonds. The average molecular weight is 230 g/mol. The first kappa shape index (κ1) is 11.3. The summed E-state index contributed by atoms with van der Waals surface area (Å²) in [6.07, 6.45) is 0. The maximum Gasteiger partial charge on any atom is 0.142 e. The zero-order valence-corrected chi connectivity index (χ0v) is 10.1. The number of hydrogen-bond donors (Lipinski definition) is 1. The van der Waals surface area contributed by atoms with Crippen molar-refractivity contribution >= 4 is 5.82 Å². The summed E-state index contributed by atoms with van der Waals surface area (Å²) in [5, 5.41) is 16.4. The Bertz CT molecular complexity index is 574. The van der Waals surface area contributed by atoms with E-state index in [0.717, 1.165) is 23.0 Å². The minimum absolute atomic E-state index is 0.543. The molecule has 0 fully saturated rings. The van der Waals surface area contributed by atoms with Gasteiger partial charge in [0.25, 0.3) is 0 Å². The largest absolute Gasteiger partial charge is 0.465 e. The van der Waals surface area contributed by atoms with Crippen molar-refractivity contribution in [2.24, 2.45) is 7.05 Å². The molecule has 0 spiro atoms. The zero-order valence-electron chi connectivity index (χ0n) is 10.1. The SMILES string of the molecule is Cc1ccc(CNc2c(C#N)c(C)nn2C)o1. The van der Waals surface area contributed by atoms with Gasteiger partial charge in [0, 0.05) is 7.05 Å². The molecule has 0 aliphatic carbocycles. The van der Waals surface area contributed by atoms with Crippen LogP contribution >= 0.6 is 0 Å². The van der Waals surface area contributed by atoms with E-state index in [1.54, 1.807) is 4.68 Å². The first-order valence-electron chi connectivity index (χ1n) is 5.34. The summed E-state index contributed by atoms with van der Waals surface area (Å²) < 4.78 is 7.12. The Morgan fingerprint density at radius 3 is 2.82 bits per heavy atom. The van der Waals surface area contributed by atoms with Crippen molar-refractivity contribution in [1.29, 1.82) is 5.26 Å². The van der Waals surface area contributed by atoms with Gasteiger partial charge in [-0.3, -0.25) is 4.68 Å². The maximum absolute atomic E-state index is 9.05. The average Bonchev–Trinajstić information content (AvgIpc) is 2.80. The number of nitrogens with one attached hydrogen (secondary N) is 1. The molecule has 2 rings (SSSR count). The number of hydrogen-bond acceptors (Lipinski definition) is 4. The third-order valence-corrected chi connectivity index (χ3v) is 2.56. The summed E-state index contributed by atoms with van der Waals surface area (Å²) in [6.45, 7) is 4.26. The minimum Gasteiger partial charge on any atom is -0.465 e. The molecule has 2 aromatic heterocycles. The third-order valence-electron chi connectivity index (χ3n) is 2.56. The van der Waals surface area contributed by atoms with E-state index in [1.807, 2.05) is 33.0 Å². The van der Waals surface area contributed by atoms with Gasteiger partial charge in [-0.1, -0.05) is 0 Å². The number of nitrogens with zero attached hydrogens (tertiary/aromatic N) is 3. The Kier molecular flexibility index (Phi) is 2.88. The number of rotatable bonds is 3. The normalized spacial score (nSPS) is 10.2. The first-order valence-corrected chi connectivity index (χ1v) is 5.34. The molecule has 1 N–H and O–H groups in total. The second-order valence-electron chi connectivity index (χ2n) is 3.91. The van der Waals surface area contributed by atoms with E-state index in [-0.39, 0.29) is 0 Å². The van der Waals surface area contributed by atoms with E-state index in [0.29, 0.717) is 12.1 Å². The summed E-state index contributed by atoms with van der Waals surface area (Å²) in [5.41, 5.74) is 1.31. The van der Waals surface area contributed by atoms with Gasteiger partial charge in [-0.25, -0.2) is 0 Å². The fourth-order valence-electron chi connectivity index (χ4n) is 1.75. The highest BCUT2D eigenvalue weighted by molar-refractivity contribution is 5.54. The summed E-state index contributed by atoms with van der Waals surface area (Å²) in [7, 11) is 1.81. The molecule has 88 valence electrons. The maximum atomic E-state index is 9.05. The van der Waals surface area contributed by atoms with Gasteiger partial charge >= 0.3 is 0 Å². The van der Waals surface area contributed by atoms with E-state index < -0.39 is 0 Å². The highest BCUT2D eigenvalue weighted by Crippen LogP contribution is 2.18. The summed E-state index contributed by atoms with van der Waals surface area (Å²) in [4.78, 5) is 0. The van der Waals surface area contributed by atoms with Crippen LogP contribution in [0.3, 0.4) is 0 Å². The van der Waals surface area contributed by atoms with Gasteiger partial charge in [-0.15, -0.1) is 0 Å². The molecule has 0 atom stereocenters. The van der Waals surface area contributed by atoms with Gasteiger partial charge in [-0.05, 0) is 26.0 Å². The van der Waals surface area contributed by atoms with Crippen LogP contribution in [-0.4, -0.2) is 9.78 Å². The van der Waals surface area contributed by atoms with Gasteiger partial charge in [-0.2, -0.15) is 10.4 Å². The van der Waals surface area contributed by atoms with Crippen LogP contribution in [0, 0.1) is 25.2 Å². The molecule has 0 aliphatic heterocycles. The predicted octanol–water partition coefficient (Wildman–Crippen LogP) is 2.11. The molecule has 5 nitrogen and oxygen atoms in total. The summed E-state index contributed by atoms with van der Waals surface area (Å²) in [6, 6.07) is 5.98. The zero-order chi connectivity index (χ0) is 12.4. The van der Waals surface area contributed by atoms with Gasteiger partial charge in [0.2, 0.25) is 0 Å². The van der Waals surface area contributed by atoms with Crippen LogP contribution in [0.2, 0.25) is 0 Å². The quantitative estimate of drug-likeness (QED) is 0.877. The molecule has 0 bridgehead atoms. The summed E-state index contributed by atoms with van der Waals surface area (Å²) >= 11 is 0. The monoisotopic (exact) mass is 230 g/mol. The fourth-order valence-corrected chi connectivity index (χ4v) is 1.75. The van der Waals surface area contributed by atoms with Gasteiger partial charge < -0.3 is 9.73 Å². The topological polar surface area (TPSA) is 66.8 Å². The fraction of sp³-hybridized carbons (Fsp3) is 0.333. The highest BCUT2D eigenvalue weighted by Gasteiger charge is 2.12. The Morgan fingerprint density at radius 2 is 2.24 bits per heavy atom. The first-order chi connectivity index (χ1) is 8.11. The van der Waals surface area contributed by atoms with Crippen LogP contribution < -0.4 is 5.32 Å². The number of aryl methyl sites for hydroxylation is 3. The van der Waals surface area contributed by atoms with Crippen molar-refractivity contribution in [3.05, 3.63) is 34.9 Å². The van der Waals surface area contributed by atoms with E-state index in [9.17, 15) is 0 Å². The third kappa shape index (κ3) is 2.16. The molecule has 2 aromatic rings. The second-order valence-corrected chi connectivity index (χ2v) is 3.91. The molecule has 0 unspecified atom stereocenters. The molecule has 5 heteroatoms. The van der Waals surface area contributed by atoms with Crippen molar-refractivity contribution in [2.75, 3.05) is 5.32 Å². The van der Waals surface area contributed by atoms with Crippen LogP contribution in [0.1, 0.15) is 22.8 Å².